The fraction of sp³-hybridized carbons (Fsp3) is 0.500. The third kappa shape index (κ3) is 1.24. The standard InChI is InChI=1S/C6H10ClN3/c1-9(2)10-5-8-4-6(10)3-7/h4-5H,3H2,1-2H3. The van der Waals surface area contributed by atoms with Crippen LogP contribution in [0.3, 0.4) is 0 Å². The fourth-order valence-corrected chi connectivity index (χ4v) is 0.963. The summed E-state index contributed by atoms with van der Waals surface area (Å²) in [5.41, 5.74) is 1.01. The lowest BCUT2D eigenvalue weighted by Crippen LogP contribution is -2.25. The second-order valence-electron chi connectivity index (χ2n) is 2.21. The highest BCUT2D eigenvalue weighted by atomic mass is 35.5. The Kier molecular flexibility index (Phi) is 2.17. The Hall–Kier alpha value is -0.700. The van der Waals surface area contributed by atoms with Gasteiger partial charge in [-0.1, -0.05) is 0 Å². The normalized spacial score (nSPS) is 9.90. The number of imidazole rings is 1. The van der Waals surface area contributed by atoms with Gasteiger partial charge in [-0.05, 0) is 0 Å². The van der Waals surface area contributed by atoms with E-state index < -0.39 is 0 Å². The maximum absolute atomic E-state index is 5.63. The summed E-state index contributed by atoms with van der Waals surface area (Å²) in [6.45, 7) is 0. The molecule has 0 bridgehead atoms. The monoisotopic (exact) mass is 159 g/mol. The predicted molar refractivity (Wildman–Crippen MR) is 41.8 cm³/mol. The van der Waals surface area contributed by atoms with Crippen molar-refractivity contribution in [2.75, 3.05) is 19.1 Å². The van der Waals surface area contributed by atoms with Gasteiger partial charge >= 0.3 is 0 Å². The average Bonchev–Trinajstić information content (AvgIpc) is 2.33. The number of hydrogen-bond acceptors (Lipinski definition) is 2. The molecule has 0 aliphatic heterocycles. The summed E-state index contributed by atoms with van der Waals surface area (Å²) in [5.74, 6) is 0.498. The Morgan fingerprint density at radius 2 is 2.40 bits per heavy atom. The summed E-state index contributed by atoms with van der Waals surface area (Å²) in [4.78, 5) is 3.95. The molecule has 0 spiro atoms. The predicted octanol–water partition coefficient (Wildman–Crippen LogP) is 0.819. The van der Waals surface area contributed by atoms with Crippen molar-refractivity contribution in [3.63, 3.8) is 0 Å². The minimum atomic E-state index is 0.498. The van der Waals surface area contributed by atoms with E-state index in [-0.39, 0.29) is 0 Å². The van der Waals surface area contributed by atoms with E-state index in [4.69, 9.17) is 11.6 Å². The molecule has 0 aliphatic rings. The number of nitrogens with zero attached hydrogens (tertiary/aromatic N) is 3. The summed E-state index contributed by atoms with van der Waals surface area (Å²) >= 11 is 5.63. The molecule has 1 heterocycles. The largest absolute Gasteiger partial charge is 0.318 e. The number of hydrogen-bond donors (Lipinski definition) is 0. The van der Waals surface area contributed by atoms with Gasteiger partial charge in [-0.15, -0.1) is 11.6 Å². The van der Waals surface area contributed by atoms with Gasteiger partial charge < -0.3 is 5.01 Å². The smallest absolute Gasteiger partial charge is 0.114 e. The molecule has 56 valence electrons. The SMILES string of the molecule is CN(C)n1cncc1CCl. The minimum Gasteiger partial charge on any atom is -0.318 e. The molecule has 0 unspecified atom stereocenters. The maximum Gasteiger partial charge on any atom is 0.114 e. The van der Waals surface area contributed by atoms with Gasteiger partial charge in [0.2, 0.25) is 0 Å². The molecule has 0 saturated carbocycles. The van der Waals surface area contributed by atoms with E-state index >= 15 is 0 Å². The van der Waals surface area contributed by atoms with Crippen molar-refractivity contribution >= 4 is 11.6 Å². The van der Waals surface area contributed by atoms with E-state index in [0.29, 0.717) is 5.88 Å². The molecule has 0 radical (unpaired) electrons. The van der Waals surface area contributed by atoms with Crippen LogP contribution in [0.25, 0.3) is 0 Å². The average molecular weight is 160 g/mol. The van der Waals surface area contributed by atoms with Crippen molar-refractivity contribution < 1.29 is 0 Å². The van der Waals surface area contributed by atoms with Crippen LogP contribution in [0.5, 0.6) is 0 Å². The highest BCUT2D eigenvalue weighted by molar-refractivity contribution is 6.16. The second-order valence-corrected chi connectivity index (χ2v) is 2.48. The Bertz CT molecular complexity index is 207. The van der Waals surface area contributed by atoms with Crippen molar-refractivity contribution in [1.29, 1.82) is 0 Å². The van der Waals surface area contributed by atoms with Gasteiger partial charge in [0.05, 0.1) is 17.8 Å². The molecular weight excluding hydrogens is 150 g/mol. The van der Waals surface area contributed by atoms with Gasteiger partial charge in [0, 0.05) is 14.1 Å². The van der Waals surface area contributed by atoms with Gasteiger partial charge in [-0.2, -0.15) is 0 Å². The van der Waals surface area contributed by atoms with Crippen molar-refractivity contribution in [3.8, 4) is 0 Å². The molecule has 3 nitrogen and oxygen atoms in total. The van der Waals surface area contributed by atoms with Crippen LogP contribution >= 0.6 is 11.6 Å². The highest BCUT2D eigenvalue weighted by Crippen LogP contribution is 2.01. The second kappa shape index (κ2) is 2.92. The minimum absolute atomic E-state index is 0.498. The molecule has 0 atom stereocenters. The van der Waals surface area contributed by atoms with Crippen LogP contribution in [-0.2, 0) is 5.88 Å². The molecule has 0 saturated heterocycles. The van der Waals surface area contributed by atoms with Crippen molar-refractivity contribution in [3.05, 3.63) is 18.2 Å². The van der Waals surface area contributed by atoms with Crippen LogP contribution in [0.15, 0.2) is 12.5 Å². The van der Waals surface area contributed by atoms with Crippen LogP contribution in [0, 0.1) is 0 Å². The zero-order valence-electron chi connectivity index (χ0n) is 6.08. The van der Waals surface area contributed by atoms with Gasteiger partial charge in [-0.25, -0.2) is 9.66 Å². The molecule has 0 aliphatic carbocycles. The van der Waals surface area contributed by atoms with E-state index in [1.807, 2.05) is 23.8 Å². The Morgan fingerprint density at radius 1 is 1.70 bits per heavy atom. The molecule has 1 rings (SSSR count). The molecule has 0 amide bonds. The van der Waals surface area contributed by atoms with Crippen LogP contribution in [-0.4, -0.2) is 23.8 Å². The summed E-state index contributed by atoms with van der Waals surface area (Å²) in [6, 6.07) is 0. The fourth-order valence-electron chi connectivity index (χ4n) is 0.772. The lowest BCUT2D eigenvalue weighted by molar-refractivity contribution is 0.705. The van der Waals surface area contributed by atoms with Crippen LogP contribution in [0.2, 0.25) is 0 Å². The molecule has 4 heteroatoms. The Balaban J connectivity index is 2.90. The van der Waals surface area contributed by atoms with Crippen LogP contribution in [0.4, 0.5) is 0 Å². The number of rotatable bonds is 2. The molecule has 0 aromatic carbocycles. The summed E-state index contributed by atoms with van der Waals surface area (Å²) in [5, 5.41) is 1.92. The molecule has 1 aromatic rings. The van der Waals surface area contributed by atoms with Crippen molar-refractivity contribution in [2.45, 2.75) is 5.88 Å². The third-order valence-corrected chi connectivity index (χ3v) is 1.54. The first-order valence-corrected chi connectivity index (χ1v) is 3.54. The van der Waals surface area contributed by atoms with Crippen molar-refractivity contribution in [1.82, 2.24) is 9.66 Å². The molecular formula is C6H10ClN3. The zero-order valence-corrected chi connectivity index (χ0v) is 6.84. The molecule has 0 N–H and O–H groups in total. The van der Waals surface area contributed by atoms with Gasteiger partial charge in [0.1, 0.15) is 6.33 Å². The van der Waals surface area contributed by atoms with Gasteiger partial charge in [-0.3, -0.25) is 0 Å². The molecule has 0 fully saturated rings. The zero-order chi connectivity index (χ0) is 7.56. The molecule has 10 heavy (non-hydrogen) atoms. The van der Waals surface area contributed by atoms with E-state index in [0.717, 1.165) is 5.69 Å². The number of aromatic nitrogens is 2. The maximum atomic E-state index is 5.63. The summed E-state index contributed by atoms with van der Waals surface area (Å²) in [7, 11) is 3.88. The summed E-state index contributed by atoms with van der Waals surface area (Å²) < 4.78 is 1.90. The van der Waals surface area contributed by atoms with E-state index in [9.17, 15) is 0 Å². The Morgan fingerprint density at radius 3 is 2.80 bits per heavy atom. The topological polar surface area (TPSA) is 21.1 Å². The van der Waals surface area contributed by atoms with Crippen molar-refractivity contribution in [2.24, 2.45) is 0 Å². The van der Waals surface area contributed by atoms with E-state index in [1.165, 1.54) is 0 Å². The highest BCUT2D eigenvalue weighted by Gasteiger charge is 1.99. The Labute approximate surface area is 65.2 Å². The van der Waals surface area contributed by atoms with Crippen LogP contribution < -0.4 is 5.01 Å². The number of halogens is 1. The lowest BCUT2D eigenvalue weighted by Gasteiger charge is -2.15. The van der Waals surface area contributed by atoms with Gasteiger partial charge in [0.15, 0.2) is 0 Å². The summed E-state index contributed by atoms with van der Waals surface area (Å²) in [6.07, 6.45) is 3.49. The van der Waals surface area contributed by atoms with Crippen LogP contribution in [0.1, 0.15) is 5.69 Å². The number of alkyl halides is 1. The van der Waals surface area contributed by atoms with E-state index in [1.54, 1.807) is 12.5 Å². The molecule has 1 aromatic heterocycles. The first kappa shape index (κ1) is 7.41. The van der Waals surface area contributed by atoms with Gasteiger partial charge in [0.25, 0.3) is 0 Å². The lowest BCUT2D eigenvalue weighted by atomic mass is 10.5. The quantitative estimate of drug-likeness (QED) is 0.596. The first-order valence-electron chi connectivity index (χ1n) is 3.00. The van der Waals surface area contributed by atoms with E-state index in [2.05, 4.69) is 4.98 Å². The third-order valence-electron chi connectivity index (χ3n) is 1.26. The first-order chi connectivity index (χ1) is 4.75.